The molecule has 0 heterocycles. The molecular weight excluding hydrogens is 364 g/mol. The number of halogens is 2. The largest absolute Gasteiger partial charge is 0.326 e. The van der Waals surface area contributed by atoms with Crippen LogP contribution in [0.15, 0.2) is 42.5 Å². The highest BCUT2D eigenvalue weighted by Crippen LogP contribution is 2.31. The van der Waals surface area contributed by atoms with Crippen LogP contribution in [0.3, 0.4) is 0 Å². The van der Waals surface area contributed by atoms with Crippen LogP contribution in [0, 0.1) is 34.8 Å². The van der Waals surface area contributed by atoms with Crippen molar-refractivity contribution in [2.75, 3.05) is 10.6 Å². The Labute approximate surface area is 161 Å². The molecule has 28 heavy (non-hydrogen) atoms. The molecule has 2 aromatic rings. The molecule has 1 fully saturated rings. The maximum Gasteiger partial charge on any atom is 0.227 e. The predicted molar refractivity (Wildman–Crippen MR) is 100 cm³/mol. The summed E-state index contributed by atoms with van der Waals surface area (Å²) in [6.07, 6.45) is 1.96. The van der Waals surface area contributed by atoms with Crippen molar-refractivity contribution >= 4 is 23.2 Å². The molecule has 0 unspecified atom stereocenters. The van der Waals surface area contributed by atoms with E-state index in [0.29, 0.717) is 36.9 Å². The van der Waals surface area contributed by atoms with Crippen molar-refractivity contribution in [2.45, 2.75) is 25.7 Å². The van der Waals surface area contributed by atoms with E-state index in [9.17, 15) is 18.4 Å². The highest BCUT2D eigenvalue weighted by molar-refractivity contribution is 5.94. The number of hydrogen-bond donors (Lipinski definition) is 2. The Hall–Kier alpha value is -3.27. The predicted octanol–water partition coefficient (Wildman–Crippen LogP) is 4.22. The summed E-state index contributed by atoms with van der Waals surface area (Å²) < 4.78 is 27.4. The molecule has 1 aliphatic carbocycles. The van der Waals surface area contributed by atoms with Gasteiger partial charge in [-0.05, 0) is 62.1 Å². The van der Waals surface area contributed by atoms with Gasteiger partial charge in [-0.1, -0.05) is 6.07 Å². The van der Waals surface area contributed by atoms with Crippen molar-refractivity contribution in [3.63, 3.8) is 0 Å². The second kappa shape index (κ2) is 8.61. The molecule has 5 nitrogen and oxygen atoms in total. The molecule has 2 amide bonds. The van der Waals surface area contributed by atoms with Gasteiger partial charge in [0.05, 0.1) is 11.6 Å². The maximum atomic E-state index is 13.7. The maximum absolute atomic E-state index is 13.7. The Kier molecular flexibility index (Phi) is 5.99. The number of benzene rings is 2. The first-order chi connectivity index (χ1) is 13.5. The minimum Gasteiger partial charge on any atom is -0.326 e. The standard InChI is InChI=1S/C21H19F2N3O2/c22-17-2-1-3-18(23)19(17)26-21(28)15-8-6-14(7-9-15)20(27)25-16-10-4-13(12-24)5-11-16/h1-5,10-11,14-15H,6-9H2,(H,25,27)(H,26,28). The summed E-state index contributed by atoms with van der Waals surface area (Å²) in [4.78, 5) is 24.7. The zero-order chi connectivity index (χ0) is 20.1. The Balaban J connectivity index is 1.52. The Bertz CT molecular complexity index is 894. The number of nitrogens with zero attached hydrogens (tertiary/aromatic N) is 1. The number of nitriles is 1. The fourth-order valence-electron chi connectivity index (χ4n) is 3.33. The summed E-state index contributed by atoms with van der Waals surface area (Å²) in [5.41, 5.74) is 0.683. The Morgan fingerprint density at radius 2 is 1.36 bits per heavy atom. The highest BCUT2D eigenvalue weighted by Gasteiger charge is 2.30. The van der Waals surface area contributed by atoms with E-state index >= 15 is 0 Å². The Morgan fingerprint density at radius 1 is 0.857 bits per heavy atom. The van der Waals surface area contributed by atoms with E-state index in [1.165, 1.54) is 6.07 Å². The third-order valence-electron chi connectivity index (χ3n) is 4.96. The van der Waals surface area contributed by atoms with E-state index < -0.39 is 29.1 Å². The van der Waals surface area contributed by atoms with Gasteiger partial charge >= 0.3 is 0 Å². The van der Waals surface area contributed by atoms with Crippen molar-refractivity contribution in [2.24, 2.45) is 11.8 Å². The molecule has 0 atom stereocenters. The van der Waals surface area contributed by atoms with Gasteiger partial charge in [0.15, 0.2) is 0 Å². The van der Waals surface area contributed by atoms with Crippen LogP contribution in [0.2, 0.25) is 0 Å². The zero-order valence-corrected chi connectivity index (χ0v) is 15.0. The third-order valence-corrected chi connectivity index (χ3v) is 4.96. The van der Waals surface area contributed by atoms with E-state index in [1.807, 2.05) is 6.07 Å². The molecule has 1 saturated carbocycles. The minimum absolute atomic E-state index is 0.135. The molecule has 3 rings (SSSR count). The lowest BCUT2D eigenvalue weighted by Gasteiger charge is -2.27. The first-order valence-electron chi connectivity index (χ1n) is 9.04. The number of amides is 2. The molecule has 0 spiro atoms. The van der Waals surface area contributed by atoms with Crippen molar-refractivity contribution in [3.05, 3.63) is 59.7 Å². The fraction of sp³-hybridized carbons (Fsp3) is 0.286. The van der Waals surface area contributed by atoms with E-state index in [4.69, 9.17) is 5.26 Å². The molecule has 2 N–H and O–H groups in total. The smallest absolute Gasteiger partial charge is 0.227 e. The molecule has 0 bridgehead atoms. The van der Waals surface area contributed by atoms with E-state index in [-0.39, 0.29) is 11.8 Å². The summed E-state index contributed by atoms with van der Waals surface area (Å²) in [6.45, 7) is 0. The van der Waals surface area contributed by atoms with Gasteiger partial charge in [0, 0.05) is 17.5 Å². The van der Waals surface area contributed by atoms with Crippen LogP contribution in [0.1, 0.15) is 31.2 Å². The number of carbonyl (C=O) groups excluding carboxylic acids is 2. The van der Waals surface area contributed by atoms with Crippen LogP contribution in [0.25, 0.3) is 0 Å². The quantitative estimate of drug-likeness (QED) is 0.829. The average molecular weight is 383 g/mol. The minimum atomic E-state index is -0.816. The highest BCUT2D eigenvalue weighted by atomic mass is 19.1. The lowest BCUT2D eigenvalue weighted by atomic mass is 9.81. The zero-order valence-electron chi connectivity index (χ0n) is 15.0. The van der Waals surface area contributed by atoms with E-state index in [2.05, 4.69) is 10.6 Å². The first kappa shape index (κ1) is 19.5. The number of hydrogen-bond acceptors (Lipinski definition) is 3. The monoisotopic (exact) mass is 383 g/mol. The number of nitrogens with one attached hydrogen (secondary N) is 2. The van der Waals surface area contributed by atoms with Crippen LogP contribution < -0.4 is 10.6 Å². The summed E-state index contributed by atoms with van der Waals surface area (Å²) in [5.74, 6) is -2.82. The number of carbonyl (C=O) groups is 2. The topological polar surface area (TPSA) is 82.0 Å². The van der Waals surface area contributed by atoms with Crippen LogP contribution in [0.5, 0.6) is 0 Å². The van der Waals surface area contributed by atoms with Crippen molar-refractivity contribution < 1.29 is 18.4 Å². The lowest BCUT2D eigenvalue weighted by Crippen LogP contribution is -2.32. The van der Waals surface area contributed by atoms with Gasteiger partial charge < -0.3 is 10.6 Å². The van der Waals surface area contributed by atoms with Crippen LogP contribution in [-0.4, -0.2) is 11.8 Å². The van der Waals surface area contributed by atoms with Gasteiger partial charge in [-0.25, -0.2) is 8.78 Å². The number of rotatable bonds is 4. The van der Waals surface area contributed by atoms with Crippen LogP contribution in [0.4, 0.5) is 20.2 Å². The number of para-hydroxylation sites is 1. The molecule has 2 aromatic carbocycles. The summed E-state index contributed by atoms with van der Waals surface area (Å²) >= 11 is 0. The molecule has 0 radical (unpaired) electrons. The Morgan fingerprint density at radius 3 is 1.86 bits per heavy atom. The summed E-state index contributed by atoms with van der Waals surface area (Å²) in [5, 5.41) is 13.9. The molecular formula is C21H19F2N3O2. The van der Waals surface area contributed by atoms with E-state index in [0.717, 1.165) is 12.1 Å². The molecule has 1 aliphatic rings. The fourth-order valence-corrected chi connectivity index (χ4v) is 3.33. The summed E-state index contributed by atoms with van der Waals surface area (Å²) in [6, 6.07) is 12.0. The van der Waals surface area contributed by atoms with Crippen molar-refractivity contribution in [1.29, 1.82) is 5.26 Å². The van der Waals surface area contributed by atoms with E-state index in [1.54, 1.807) is 24.3 Å². The van der Waals surface area contributed by atoms with Gasteiger partial charge in [0.1, 0.15) is 17.3 Å². The van der Waals surface area contributed by atoms with Crippen molar-refractivity contribution in [3.8, 4) is 6.07 Å². The molecule has 144 valence electrons. The third kappa shape index (κ3) is 4.52. The molecule has 0 saturated heterocycles. The second-order valence-corrected chi connectivity index (χ2v) is 6.81. The van der Waals surface area contributed by atoms with Crippen LogP contribution >= 0.6 is 0 Å². The van der Waals surface area contributed by atoms with Gasteiger partial charge in [0.2, 0.25) is 11.8 Å². The molecule has 0 aromatic heterocycles. The van der Waals surface area contributed by atoms with Crippen LogP contribution in [-0.2, 0) is 9.59 Å². The SMILES string of the molecule is N#Cc1ccc(NC(=O)C2CCC(C(=O)Nc3c(F)cccc3F)CC2)cc1. The van der Waals surface area contributed by atoms with Gasteiger partial charge in [-0.2, -0.15) is 5.26 Å². The summed E-state index contributed by atoms with van der Waals surface area (Å²) in [7, 11) is 0. The van der Waals surface area contributed by atoms with Gasteiger partial charge in [-0.3, -0.25) is 9.59 Å². The normalized spacial score (nSPS) is 18.8. The molecule has 7 heteroatoms. The second-order valence-electron chi connectivity index (χ2n) is 6.81. The van der Waals surface area contributed by atoms with Crippen molar-refractivity contribution in [1.82, 2.24) is 0 Å². The van der Waals surface area contributed by atoms with Gasteiger partial charge in [-0.15, -0.1) is 0 Å². The lowest BCUT2D eigenvalue weighted by molar-refractivity contribution is -0.125. The molecule has 0 aliphatic heterocycles. The average Bonchev–Trinajstić information content (AvgIpc) is 2.71. The first-order valence-corrected chi connectivity index (χ1v) is 9.04. The van der Waals surface area contributed by atoms with Gasteiger partial charge in [0.25, 0.3) is 0 Å². The number of anilines is 2.